The van der Waals surface area contributed by atoms with Gasteiger partial charge in [0.25, 0.3) is 0 Å². The molecule has 0 saturated heterocycles. The Labute approximate surface area is 139 Å². The number of phenolic OH excluding ortho intramolecular Hbond substituents is 1. The number of hydrogen-bond acceptors (Lipinski definition) is 6. The summed E-state index contributed by atoms with van der Waals surface area (Å²) in [6, 6.07) is 13.1. The highest BCUT2D eigenvalue weighted by Crippen LogP contribution is 2.42. The van der Waals surface area contributed by atoms with Crippen LogP contribution < -0.4 is 10.1 Å². The molecular formula is C15H12BrN3O2S. The van der Waals surface area contributed by atoms with Crippen molar-refractivity contribution in [2.75, 3.05) is 12.4 Å². The number of aromatic nitrogens is 2. The third-order valence-electron chi connectivity index (χ3n) is 2.96. The van der Waals surface area contributed by atoms with Gasteiger partial charge in [-0.2, -0.15) is 0 Å². The summed E-state index contributed by atoms with van der Waals surface area (Å²) in [6.07, 6.45) is 0. The van der Waals surface area contributed by atoms with Crippen LogP contribution in [-0.4, -0.2) is 22.4 Å². The van der Waals surface area contributed by atoms with Crippen LogP contribution in [0.5, 0.6) is 11.5 Å². The van der Waals surface area contributed by atoms with Crippen LogP contribution in [0.3, 0.4) is 0 Å². The molecule has 0 atom stereocenters. The highest BCUT2D eigenvalue weighted by Gasteiger charge is 2.16. The average Bonchev–Trinajstić information content (AvgIpc) is 2.97. The quantitative estimate of drug-likeness (QED) is 0.703. The van der Waals surface area contributed by atoms with Crippen molar-refractivity contribution >= 4 is 38.1 Å². The zero-order valence-electron chi connectivity index (χ0n) is 11.6. The van der Waals surface area contributed by atoms with Crippen molar-refractivity contribution < 1.29 is 9.84 Å². The lowest BCUT2D eigenvalue weighted by Gasteiger charge is -2.08. The molecule has 0 aliphatic carbocycles. The molecule has 5 nitrogen and oxygen atoms in total. The molecule has 3 rings (SSSR count). The third kappa shape index (κ3) is 2.90. The summed E-state index contributed by atoms with van der Waals surface area (Å²) in [5.41, 5.74) is 1.76. The molecule has 1 heterocycles. The Hall–Kier alpha value is -2.12. The number of nitrogens with one attached hydrogen (secondary N) is 1. The molecule has 0 aliphatic heterocycles. The van der Waals surface area contributed by atoms with Gasteiger partial charge in [-0.1, -0.05) is 29.5 Å². The molecule has 2 aromatic carbocycles. The summed E-state index contributed by atoms with van der Waals surface area (Å²) in [4.78, 5) is 0. The van der Waals surface area contributed by atoms with E-state index in [1.54, 1.807) is 12.1 Å². The van der Waals surface area contributed by atoms with E-state index in [9.17, 15) is 5.11 Å². The van der Waals surface area contributed by atoms with Gasteiger partial charge in [-0.25, -0.2) is 0 Å². The van der Waals surface area contributed by atoms with Crippen LogP contribution >= 0.6 is 27.3 Å². The normalized spacial score (nSPS) is 10.5. The topological polar surface area (TPSA) is 67.3 Å². The minimum atomic E-state index is 0.0743. The second kappa shape index (κ2) is 6.33. The lowest BCUT2D eigenvalue weighted by atomic mass is 10.2. The van der Waals surface area contributed by atoms with Gasteiger partial charge in [-0.3, -0.25) is 0 Å². The second-order valence-electron chi connectivity index (χ2n) is 4.38. The van der Waals surface area contributed by atoms with Crippen molar-refractivity contribution in [1.29, 1.82) is 0 Å². The van der Waals surface area contributed by atoms with E-state index < -0.39 is 0 Å². The van der Waals surface area contributed by atoms with Crippen LogP contribution in [0.15, 0.2) is 46.9 Å². The number of rotatable bonds is 4. The van der Waals surface area contributed by atoms with Crippen molar-refractivity contribution in [3.05, 3.63) is 46.9 Å². The van der Waals surface area contributed by atoms with Crippen molar-refractivity contribution in [2.45, 2.75) is 0 Å². The van der Waals surface area contributed by atoms with Crippen molar-refractivity contribution in [3.63, 3.8) is 0 Å². The molecule has 3 aromatic rings. The maximum atomic E-state index is 9.76. The molecule has 0 fully saturated rings. The summed E-state index contributed by atoms with van der Waals surface area (Å²) in [7, 11) is 1.51. The Balaban J connectivity index is 1.91. The largest absolute Gasteiger partial charge is 0.504 e. The first-order valence-electron chi connectivity index (χ1n) is 6.40. The first-order valence-corrected chi connectivity index (χ1v) is 8.01. The van der Waals surface area contributed by atoms with E-state index in [4.69, 9.17) is 4.74 Å². The van der Waals surface area contributed by atoms with Gasteiger partial charge in [0.2, 0.25) is 5.13 Å². The molecular weight excluding hydrogens is 366 g/mol. The molecule has 0 saturated carbocycles. The Bertz CT molecular complexity index is 793. The van der Waals surface area contributed by atoms with E-state index in [-0.39, 0.29) is 5.75 Å². The summed E-state index contributed by atoms with van der Waals surface area (Å²) in [6.45, 7) is 0. The molecule has 112 valence electrons. The van der Waals surface area contributed by atoms with E-state index in [1.807, 2.05) is 30.3 Å². The number of anilines is 2. The summed E-state index contributed by atoms with van der Waals surface area (Å²) < 4.78 is 5.83. The van der Waals surface area contributed by atoms with Gasteiger partial charge >= 0.3 is 0 Å². The summed E-state index contributed by atoms with van der Waals surface area (Å²) >= 11 is 4.86. The van der Waals surface area contributed by atoms with Crippen LogP contribution in [0.2, 0.25) is 0 Å². The van der Waals surface area contributed by atoms with E-state index in [0.29, 0.717) is 15.4 Å². The van der Waals surface area contributed by atoms with E-state index in [2.05, 4.69) is 31.4 Å². The first kappa shape index (κ1) is 14.8. The number of para-hydroxylation sites is 1. The molecule has 0 radical (unpaired) electrons. The average molecular weight is 378 g/mol. The highest BCUT2D eigenvalue weighted by atomic mass is 79.9. The Kier molecular flexibility index (Phi) is 4.26. The molecule has 2 N–H and O–H groups in total. The number of aromatic hydroxyl groups is 1. The van der Waals surface area contributed by atoms with E-state index in [0.717, 1.165) is 16.3 Å². The number of phenols is 1. The monoisotopic (exact) mass is 377 g/mol. The van der Waals surface area contributed by atoms with Crippen molar-refractivity contribution in [3.8, 4) is 22.1 Å². The van der Waals surface area contributed by atoms with Crippen molar-refractivity contribution in [1.82, 2.24) is 10.2 Å². The molecule has 0 unspecified atom stereocenters. The standard InChI is InChI=1S/C15H12BrN3O2S/c1-21-13-11(20)8-7-10(12(13)16)14-18-19-15(22-14)17-9-5-3-2-4-6-9/h2-8,20H,1H3,(H,17,19). The minimum absolute atomic E-state index is 0.0743. The number of nitrogens with zero attached hydrogens (tertiary/aromatic N) is 2. The number of methoxy groups -OCH3 is 1. The maximum absolute atomic E-state index is 9.76. The third-order valence-corrected chi connectivity index (χ3v) is 4.62. The van der Waals surface area contributed by atoms with Crippen LogP contribution in [0.25, 0.3) is 10.6 Å². The number of hydrogen-bond donors (Lipinski definition) is 2. The van der Waals surface area contributed by atoms with Gasteiger partial charge in [0, 0.05) is 11.3 Å². The SMILES string of the molecule is COc1c(O)ccc(-c2nnc(Nc3ccccc3)s2)c1Br. The fourth-order valence-corrected chi connectivity index (χ4v) is 3.54. The number of benzene rings is 2. The smallest absolute Gasteiger partial charge is 0.210 e. The van der Waals surface area contributed by atoms with Crippen LogP contribution in [-0.2, 0) is 0 Å². The van der Waals surface area contributed by atoms with Gasteiger partial charge in [-0.05, 0) is 40.2 Å². The molecule has 7 heteroatoms. The maximum Gasteiger partial charge on any atom is 0.210 e. The molecule has 1 aromatic heterocycles. The fourth-order valence-electron chi connectivity index (χ4n) is 1.93. The molecule has 0 amide bonds. The van der Waals surface area contributed by atoms with Crippen molar-refractivity contribution in [2.24, 2.45) is 0 Å². The Morgan fingerprint density at radius 1 is 1.14 bits per heavy atom. The Morgan fingerprint density at radius 2 is 1.91 bits per heavy atom. The second-order valence-corrected chi connectivity index (χ2v) is 6.15. The summed E-state index contributed by atoms with van der Waals surface area (Å²) in [5.74, 6) is 0.454. The van der Waals surface area contributed by atoms with Gasteiger partial charge in [0.15, 0.2) is 16.5 Å². The zero-order chi connectivity index (χ0) is 15.5. The minimum Gasteiger partial charge on any atom is -0.504 e. The first-order chi connectivity index (χ1) is 10.7. The summed E-state index contributed by atoms with van der Waals surface area (Å²) in [5, 5.41) is 22.7. The molecule has 0 spiro atoms. The van der Waals surface area contributed by atoms with Crippen LogP contribution in [0.4, 0.5) is 10.8 Å². The Morgan fingerprint density at radius 3 is 2.64 bits per heavy atom. The molecule has 22 heavy (non-hydrogen) atoms. The zero-order valence-corrected chi connectivity index (χ0v) is 14.0. The van der Waals surface area contributed by atoms with Gasteiger partial charge in [0.1, 0.15) is 0 Å². The predicted octanol–water partition coefficient (Wildman–Crippen LogP) is 4.43. The van der Waals surface area contributed by atoms with Gasteiger partial charge in [-0.15, -0.1) is 10.2 Å². The highest BCUT2D eigenvalue weighted by molar-refractivity contribution is 9.10. The number of ether oxygens (including phenoxy) is 1. The fraction of sp³-hybridized carbons (Fsp3) is 0.0667. The lowest BCUT2D eigenvalue weighted by Crippen LogP contribution is -1.88. The predicted molar refractivity (Wildman–Crippen MR) is 91.0 cm³/mol. The van der Waals surface area contributed by atoms with Crippen LogP contribution in [0, 0.1) is 0 Å². The number of halogens is 1. The molecule has 0 aliphatic rings. The van der Waals surface area contributed by atoms with Crippen LogP contribution in [0.1, 0.15) is 0 Å². The van der Waals surface area contributed by atoms with Gasteiger partial charge in [0.05, 0.1) is 11.6 Å². The van der Waals surface area contributed by atoms with E-state index >= 15 is 0 Å². The lowest BCUT2D eigenvalue weighted by molar-refractivity contribution is 0.371. The molecule has 0 bridgehead atoms. The van der Waals surface area contributed by atoms with Gasteiger partial charge < -0.3 is 15.2 Å². The van der Waals surface area contributed by atoms with E-state index in [1.165, 1.54) is 18.4 Å².